The SMILES string of the molecule is CCOC(=O)c1c(NC(=O)COC(=O)CCNC(=O)c2ccc(Cl)cc2)sc2c1CCC2. The van der Waals surface area contributed by atoms with Crippen LogP contribution in [0.15, 0.2) is 24.3 Å². The van der Waals surface area contributed by atoms with E-state index in [0.717, 1.165) is 29.7 Å². The lowest BCUT2D eigenvalue weighted by Gasteiger charge is -2.09. The van der Waals surface area contributed by atoms with Crippen molar-refractivity contribution < 1.29 is 28.7 Å². The number of anilines is 1. The van der Waals surface area contributed by atoms with Gasteiger partial charge in [-0.2, -0.15) is 0 Å². The van der Waals surface area contributed by atoms with Gasteiger partial charge in [0.15, 0.2) is 6.61 Å². The van der Waals surface area contributed by atoms with Crippen molar-refractivity contribution >= 4 is 51.7 Å². The summed E-state index contributed by atoms with van der Waals surface area (Å²) in [6.07, 6.45) is 2.51. The predicted octanol–water partition coefficient (Wildman–Crippen LogP) is 3.37. The molecule has 0 saturated carbocycles. The highest BCUT2D eigenvalue weighted by molar-refractivity contribution is 7.17. The fraction of sp³-hybridized carbons (Fsp3) is 0.364. The Kier molecular flexibility index (Phi) is 8.24. The van der Waals surface area contributed by atoms with E-state index in [0.29, 0.717) is 21.2 Å². The molecule has 0 saturated heterocycles. The van der Waals surface area contributed by atoms with Crippen LogP contribution in [0.5, 0.6) is 0 Å². The van der Waals surface area contributed by atoms with Crippen LogP contribution in [-0.2, 0) is 31.9 Å². The molecule has 32 heavy (non-hydrogen) atoms. The molecule has 0 radical (unpaired) electrons. The number of esters is 2. The number of benzene rings is 1. The molecule has 170 valence electrons. The molecule has 1 aliphatic carbocycles. The van der Waals surface area contributed by atoms with Crippen molar-refractivity contribution in [2.45, 2.75) is 32.6 Å². The quantitative estimate of drug-likeness (QED) is 0.534. The van der Waals surface area contributed by atoms with E-state index in [2.05, 4.69) is 10.6 Å². The molecule has 1 heterocycles. The molecule has 2 aromatic rings. The van der Waals surface area contributed by atoms with Crippen molar-refractivity contribution in [1.29, 1.82) is 0 Å². The smallest absolute Gasteiger partial charge is 0.341 e. The van der Waals surface area contributed by atoms with Crippen LogP contribution in [0, 0.1) is 0 Å². The topological polar surface area (TPSA) is 111 Å². The third-order valence-corrected chi connectivity index (χ3v) is 6.20. The fourth-order valence-corrected chi connectivity index (χ4v) is 4.69. The molecule has 1 aromatic heterocycles. The van der Waals surface area contributed by atoms with Crippen LogP contribution in [0.2, 0.25) is 5.02 Å². The Hall–Kier alpha value is -2.91. The minimum Gasteiger partial charge on any atom is -0.462 e. The first kappa shape index (κ1) is 23.7. The number of nitrogens with one attached hydrogen (secondary N) is 2. The monoisotopic (exact) mass is 478 g/mol. The third kappa shape index (κ3) is 6.08. The van der Waals surface area contributed by atoms with Crippen molar-refractivity contribution in [3.8, 4) is 0 Å². The van der Waals surface area contributed by atoms with Crippen LogP contribution < -0.4 is 10.6 Å². The molecule has 8 nitrogen and oxygen atoms in total. The van der Waals surface area contributed by atoms with Crippen molar-refractivity contribution in [3.63, 3.8) is 0 Å². The summed E-state index contributed by atoms with van der Waals surface area (Å²) < 4.78 is 10.1. The van der Waals surface area contributed by atoms with E-state index >= 15 is 0 Å². The zero-order valence-electron chi connectivity index (χ0n) is 17.5. The van der Waals surface area contributed by atoms with E-state index in [1.165, 1.54) is 11.3 Å². The Morgan fingerprint density at radius 2 is 1.84 bits per heavy atom. The molecule has 3 rings (SSSR count). The number of rotatable bonds is 9. The highest BCUT2D eigenvalue weighted by atomic mass is 35.5. The maximum atomic E-state index is 12.3. The molecule has 0 aliphatic heterocycles. The summed E-state index contributed by atoms with van der Waals surface area (Å²) in [6, 6.07) is 6.34. The third-order valence-electron chi connectivity index (χ3n) is 4.74. The van der Waals surface area contributed by atoms with E-state index < -0.39 is 24.5 Å². The van der Waals surface area contributed by atoms with E-state index in [4.69, 9.17) is 21.1 Å². The Balaban J connectivity index is 1.45. The average molecular weight is 479 g/mol. The molecule has 0 atom stereocenters. The molecule has 1 aliphatic rings. The van der Waals surface area contributed by atoms with Gasteiger partial charge in [0.2, 0.25) is 0 Å². The number of carbonyl (C=O) groups excluding carboxylic acids is 4. The van der Waals surface area contributed by atoms with Crippen LogP contribution in [0.3, 0.4) is 0 Å². The maximum absolute atomic E-state index is 12.3. The number of aryl methyl sites for hydroxylation is 1. The van der Waals surface area contributed by atoms with Gasteiger partial charge in [0.25, 0.3) is 11.8 Å². The fourth-order valence-electron chi connectivity index (χ4n) is 3.27. The van der Waals surface area contributed by atoms with Gasteiger partial charge >= 0.3 is 11.9 Å². The number of hydrogen-bond donors (Lipinski definition) is 2. The van der Waals surface area contributed by atoms with Gasteiger partial charge in [0.1, 0.15) is 5.00 Å². The lowest BCUT2D eigenvalue weighted by Crippen LogP contribution is -2.27. The maximum Gasteiger partial charge on any atom is 0.341 e. The van der Waals surface area contributed by atoms with Gasteiger partial charge in [-0.05, 0) is 56.0 Å². The minimum absolute atomic E-state index is 0.0621. The number of ether oxygens (including phenoxy) is 2. The molecule has 0 fully saturated rings. The van der Waals surface area contributed by atoms with Crippen molar-refractivity contribution in [1.82, 2.24) is 5.32 Å². The number of carbonyl (C=O) groups is 4. The van der Waals surface area contributed by atoms with E-state index in [9.17, 15) is 19.2 Å². The second-order valence-corrected chi connectivity index (χ2v) is 8.55. The summed E-state index contributed by atoms with van der Waals surface area (Å²) in [5, 5.41) is 6.19. The van der Waals surface area contributed by atoms with Crippen molar-refractivity contribution in [3.05, 3.63) is 50.9 Å². The number of amides is 2. The number of halogens is 1. The zero-order chi connectivity index (χ0) is 23.1. The number of hydrogen-bond acceptors (Lipinski definition) is 7. The van der Waals surface area contributed by atoms with E-state index in [-0.39, 0.29) is 25.5 Å². The molecule has 1 aromatic carbocycles. The number of thiophene rings is 1. The second kappa shape index (κ2) is 11.1. The zero-order valence-corrected chi connectivity index (χ0v) is 19.1. The van der Waals surface area contributed by atoms with Crippen LogP contribution in [0.25, 0.3) is 0 Å². The summed E-state index contributed by atoms with van der Waals surface area (Å²) in [5.41, 5.74) is 1.74. The molecule has 0 spiro atoms. The molecule has 0 bridgehead atoms. The van der Waals surface area contributed by atoms with Crippen molar-refractivity contribution in [2.24, 2.45) is 0 Å². The van der Waals surface area contributed by atoms with Crippen molar-refractivity contribution in [2.75, 3.05) is 25.1 Å². The molecule has 2 amide bonds. The predicted molar refractivity (Wildman–Crippen MR) is 120 cm³/mol. The Labute approximate surface area is 194 Å². The van der Waals surface area contributed by atoms with Gasteiger partial charge < -0.3 is 20.1 Å². The van der Waals surface area contributed by atoms with E-state index in [1.807, 2.05) is 0 Å². The lowest BCUT2D eigenvalue weighted by atomic mass is 10.1. The average Bonchev–Trinajstić information content (AvgIpc) is 3.33. The molecular weight excluding hydrogens is 456 g/mol. The Morgan fingerprint density at radius 1 is 1.09 bits per heavy atom. The Morgan fingerprint density at radius 3 is 2.56 bits per heavy atom. The summed E-state index contributed by atoms with van der Waals surface area (Å²) >= 11 is 7.14. The molecule has 0 unspecified atom stereocenters. The summed E-state index contributed by atoms with van der Waals surface area (Å²) in [7, 11) is 0. The van der Waals surface area contributed by atoms with Crippen LogP contribution in [-0.4, -0.2) is 43.5 Å². The highest BCUT2D eigenvalue weighted by Gasteiger charge is 2.28. The summed E-state index contributed by atoms with van der Waals surface area (Å²) in [6.45, 7) is 1.53. The summed E-state index contributed by atoms with van der Waals surface area (Å²) in [4.78, 5) is 49.5. The van der Waals surface area contributed by atoms with Crippen LogP contribution in [0.4, 0.5) is 5.00 Å². The lowest BCUT2D eigenvalue weighted by molar-refractivity contribution is -0.147. The summed E-state index contributed by atoms with van der Waals surface area (Å²) in [5.74, 6) is -1.98. The second-order valence-electron chi connectivity index (χ2n) is 7.00. The van der Waals surface area contributed by atoms with Gasteiger partial charge in [-0.1, -0.05) is 11.6 Å². The number of fused-ring (bicyclic) bond motifs is 1. The first-order valence-corrected chi connectivity index (χ1v) is 11.4. The molecule has 2 N–H and O–H groups in total. The molecule has 10 heteroatoms. The molecular formula is C22H23ClN2O6S. The van der Waals surface area contributed by atoms with Gasteiger partial charge in [-0.25, -0.2) is 4.79 Å². The highest BCUT2D eigenvalue weighted by Crippen LogP contribution is 2.39. The van der Waals surface area contributed by atoms with Crippen LogP contribution in [0.1, 0.15) is 50.9 Å². The van der Waals surface area contributed by atoms with Gasteiger partial charge in [-0.15, -0.1) is 11.3 Å². The first-order valence-electron chi connectivity index (χ1n) is 10.2. The largest absolute Gasteiger partial charge is 0.462 e. The van der Waals surface area contributed by atoms with Gasteiger partial charge in [-0.3, -0.25) is 14.4 Å². The first-order chi connectivity index (χ1) is 15.4. The normalized spacial score (nSPS) is 12.1. The minimum atomic E-state index is -0.629. The van der Waals surface area contributed by atoms with Crippen LogP contribution >= 0.6 is 22.9 Å². The van der Waals surface area contributed by atoms with Gasteiger partial charge in [0, 0.05) is 22.0 Å². The van der Waals surface area contributed by atoms with E-state index in [1.54, 1.807) is 31.2 Å². The Bertz CT molecular complexity index is 1020. The van der Waals surface area contributed by atoms with Gasteiger partial charge in [0.05, 0.1) is 18.6 Å². The standard InChI is InChI=1S/C22H23ClN2O6S/c1-2-30-22(29)19-15-4-3-5-16(15)32-21(19)25-17(26)12-31-18(27)10-11-24-20(28)13-6-8-14(23)9-7-13/h6-9H,2-5,10-12H2,1H3,(H,24,28)(H,25,26).